The average Bonchev–Trinajstić information content (AvgIpc) is 3.16. The SMILES string of the molecule is CCCCNc1nc(NC)c2[nH]c(=O)n(CC3CCOC3)c2n1. The molecular formula is C15H24N6O2. The van der Waals surface area contributed by atoms with Crippen molar-refractivity contribution in [3.63, 3.8) is 0 Å². The van der Waals surface area contributed by atoms with E-state index in [1.54, 1.807) is 11.6 Å². The summed E-state index contributed by atoms with van der Waals surface area (Å²) in [5.74, 6) is 1.54. The Labute approximate surface area is 134 Å². The van der Waals surface area contributed by atoms with E-state index in [9.17, 15) is 4.79 Å². The first-order valence-electron chi connectivity index (χ1n) is 8.22. The van der Waals surface area contributed by atoms with Crippen molar-refractivity contribution in [3.8, 4) is 0 Å². The number of unbranched alkanes of at least 4 members (excludes halogenated alkanes) is 1. The van der Waals surface area contributed by atoms with Gasteiger partial charge in [0.2, 0.25) is 5.95 Å². The molecule has 1 fully saturated rings. The number of hydrogen-bond acceptors (Lipinski definition) is 6. The predicted molar refractivity (Wildman–Crippen MR) is 90.0 cm³/mol. The second kappa shape index (κ2) is 6.99. The zero-order chi connectivity index (χ0) is 16.2. The molecule has 0 aromatic carbocycles. The van der Waals surface area contributed by atoms with E-state index < -0.39 is 0 Å². The lowest BCUT2D eigenvalue weighted by atomic mass is 10.1. The molecule has 2 aromatic heterocycles. The summed E-state index contributed by atoms with van der Waals surface area (Å²) in [5, 5.41) is 6.26. The van der Waals surface area contributed by atoms with Crippen LogP contribution in [0.4, 0.5) is 11.8 Å². The fourth-order valence-corrected chi connectivity index (χ4v) is 2.82. The molecule has 1 unspecified atom stereocenters. The molecule has 0 amide bonds. The summed E-state index contributed by atoms with van der Waals surface area (Å²) in [5.41, 5.74) is 1.14. The highest BCUT2D eigenvalue weighted by atomic mass is 16.5. The summed E-state index contributed by atoms with van der Waals surface area (Å²) in [4.78, 5) is 24.2. The normalized spacial score (nSPS) is 17.7. The van der Waals surface area contributed by atoms with Crippen LogP contribution in [0.2, 0.25) is 0 Å². The lowest BCUT2D eigenvalue weighted by molar-refractivity contribution is 0.182. The van der Waals surface area contributed by atoms with E-state index in [0.29, 0.717) is 42.0 Å². The van der Waals surface area contributed by atoms with Crippen LogP contribution in [-0.2, 0) is 11.3 Å². The van der Waals surface area contributed by atoms with E-state index in [1.807, 2.05) is 0 Å². The van der Waals surface area contributed by atoms with E-state index in [-0.39, 0.29) is 5.69 Å². The molecule has 0 spiro atoms. The van der Waals surface area contributed by atoms with Crippen LogP contribution in [0, 0.1) is 5.92 Å². The van der Waals surface area contributed by atoms with Gasteiger partial charge >= 0.3 is 5.69 Å². The Hall–Kier alpha value is -2.09. The van der Waals surface area contributed by atoms with Gasteiger partial charge in [0.25, 0.3) is 0 Å². The van der Waals surface area contributed by atoms with Crippen LogP contribution < -0.4 is 16.3 Å². The van der Waals surface area contributed by atoms with Crippen LogP contribution in [0.25, 0.3) is 11.2 Å². The molecule has 0 aliphatic carbocycles. The zero-order valence-corrected chi connectivity index (χ0v) is 13.7. The Morgan fingerprint density at radius 1 is 1.43 bits per heavy atom. The molecule has 23 heavy (non-hydrogen) atoms. The van der Waals surface area contributed by atoms with Crippen LogP contribution in [0.1, 0.15) is 26.2 Å². The van der Waals surface area contributed by atoms with Crippen molar-refractivity contribution in [2.45, 2.75) is 32.7 Å². The van der Waals surface area contributed by atoms with Gasteiger partial charge in [-0.3, -0.25) is 4.57 Å². The highest BCUT2D eigenvalue weighted by molar-refractivity contribution is 5.84. The van der Waals surface area contributed by atoms with E-state index in [0.717, 1.165) is 32.4 Å². The van der Waals surface area contributed by atoms with Gasteiger partial charge in [-0.15, -0.1) is 0 Å². The van der Waals surface area contributed by atoms with Crippen molar-refractivity contribution in [1.82, 2.24) is 19.5 Å². The van der Waals surface area contributed by atoms with Crippen LogP contribution in [0.5, 0.6) is 0 Å². The maximum absolute atomic E-state index is 12.3. The number of imidazole rings is 1. The highest BCUT2D eigenvalue weighted by Gasteiger charge is 2.21. The summed E-state index contributed by atoms with van der Waals surface area (Å²) in [6.45, 7) is 5.04. The number of hydrogen-bond donors (Lipinski definition) is 3. The molecule has 1 saturated heterocycles. The number of fused-ring (bicyclic) bond motifs is 1. The Bertz CT molecular complexity index is 717. The highest BCUT2D eigenvalue weighted by Crippen LogP contribution is 2.21. The van der Waals surface area contributed by atoms with Gasteiger partial charge in [-0.25, -0.2) is 4.79 Å². The molecule has 1 aliphatic rings. The molecule has 2 aromatic rings. The maximum atomic E-state index is 12.3. The van der Waals surface area contributed by atoms with Crippen molar-refractivity contribution in [3.05, 3.63) is 10.5 Å². The van der Waals surface area contributed by atoms with E-state index >= 15 is 0 Å². The largest absolute Gasteiger partial charge is 0.381 e. The first-order chi connectivity index (χ1) is 11.2. The second-order valence-electron chi connectivity index (χ2n) is 5.90. The van der Waals surface area contributed by atoms with E-state index in [1.165, 1.54) is 0 Å². The average molecular weight is 320 g/mol. The van der Waals surface area contributed by atoms with Crippen LogP contribution in [-0.4, -0.2) is 46.3 Å². The third-order valence-corrected chi connectivity index (χ3v) is 4.14. The van der Waals surface area contributed by atoms with Crippen molar-refractivity contribution in [2.75, 3.05) is 37.4 Å². The number of nitrogens with one attached hydrogen (secondary N) is 3. The van der Waals surface area contributed by atoms with Gasteiger partial charge in [-0.05, 0) is 12.8 Å². The molecule has 0 radical (unpaired) electrons. The van der Waals surface area contributed by atoms with Crippen molar-refractivity contribution in [2.24, 2.45) is 5.92 Å². The number of ether oxygens (including phenoxy) is 1. The van der Waals surface area contributed by atoms with Gasteiger partial charge in [0.05, 0.1) is 6.61 Å². The van der Waals surface area contributed by atoms with Gasteiger partial charge in [-0.1, -0.05) is 13.3 Å². The number of rotatable bonds is 7. The summed E-state index contributed by atoms with van der Waals surface area (Å²) >= 11 is 0. The van der Waals surface area contributed by atoms with Crippen molar-refractivity contribution >= 4 is 22.9 Å². The van der Waals surface area contributed by atoms with E-state index in [4.69, 9.17) is 4.74 Å². The van der Waals surface area contributed by atoms with Crippen LogP contribution in [0.15, 0.2) is 4.79 Å². The molecule has 1 aliphatic heterocycles. The summed E-state index contributed by atoms with van der Waals surface area (Å²) in [6, 6.07) is 0. The first-order valence-corrected chi connectivity index (χ1v) is 8.22. The molecule has 0 saturated carbocycles. The van der Waals surface area contributed by atoms with Gasteiger partial charge in [0, 0.05) is 32.7 Å². The molecule has 0 bridgehead atoms. The second-order valence-corrected chi connectivity index (χ2v) is 5.90. The van der Waals surface area contributed by atoms with Gasteiger partial charge in [0.1, 0.15) is 5.52 Å². The topological polar surface area (TPSA) is 96.9 Å². The summed E-state index contributed by atoms with van der Waals surface area (Å²) in [7, 11) is 1.79. The summed E-state index contributed by atoms with van der Waals surface area (Å²) in [6.07, 6.45) is 3.13. The molecular weight excluding hydrogens is 296 g/mol. The fourth-order valence-electron chi connectivity index (χ4n) is 2.82. The molecule has 126 valence electrons. The van der Waals surface area contributed by atoms with Crippen molar-refractivity contribution in [1.29, 1.82) is 0 Å². The zero-order valence-electron chi connectivity index (χ0n) is 13.7. The van der Waals surface area contributed by atoms with Crippen molar-refractivity contribution < 1.29 is 4.74 Å². The van der Waals surface area contributed by atoms with Crippen LogP contribution in [0.3, 0.4) is 0 Å². The van der Waals surface area contributed by atoms with Crippen LogP contribution >= 0.6 is 0 Å². The van der Waals surface area contributed by atoms with Gasteiger partial charge < -0.3 is 20.4 Å². The molecule has 8 nitrogen and oxygen atoms in total. The third kappa shape index (κ3) is 3.31. The van der Waals surface area contributed by atoms with Gasteiger partial charge in [-0.2, -0.15) is 9.97 Å². The summed E-state index contributed by atoms with van der Waals surface area (Å²) < 4.78 is 7.11. The lowest BCUT2D eigenvalue weighted by Gasteiger charge is -2.10. The fraction of sp³-hybridized carbons (Fsp3) is 0.667. The Morgan fingerprint density at radius 3 is 3.00 bits per heavy atom. The smallest absolute Gasteiger partial charge is 0.327 e. The standard InChI is InChI=1S/C15H24N6O2/c1-3-4-6-17-14-19-12(16-2)11-13(20-14)21(15(22)18-11)8-10-5-7-23-9-10/h10H,3-9H2,1-2H3,(H,18,22)(H2,16,17,19,20). The predicted octanol–water partition coefficient (Wildman–Crippen LogP) is 1.41. The van der Waals surface area contributed by atoms with E-state index in [2.05, 4.69) is 32.5 Å². The maximum Gasteiger partial charge on any atom is 0.327 e. The number of anilines is 2. The molecule has 3 rings (SSSR count). The Balaban J connectivity index is 1.96. The quantitative estimate of drug-likeness (QED) is 0.668. The first kappa shape index (κ1) is 15.8. The minimum absolute atomic E-state index is 0.150. The van der Waals surface area contributed by atoms with Gasteiger partial charge in [0.15, 0.2) is 11.5 Å². The minimum Gasteiger partial charge on any atom is -0.381 e. The minimum atomic E-state index is -0.150. The number of aromatic amines is 1. The molecule has 3 heterocycles. The number of H-pyrrole nitrogens is 1. The Morgan fingerprint density at radius 2 is 2.30 bits per heavy atom. The lowest BCUT2D eigenvalue weighted by Crippen LogP contribution is -2.22. The number of aromatic nitrogens is 4. The monoisotopic (exact) mass is 320 g/mol. The number of nitrogens with zero attached hydrogens (tertiary/aromatic N) is 3. The molecule has 8 heteroatoms. The Kier molecular flexibility index (Phi) is 4.80. The molecule has 3 N–H and O–H groups in total. The molecule has 1 atom stereocenters. The third-order valence-electron chi connectivity index (χ3n) is 4.14.